The minimum Gasteiger partial charge on any atom is -0.338 e. The molecule has 0 radical (unpaired) electrons. The molecule has 2 aromatic rings. The van der Waals surface area contributed by atoms with Crippen LogP contribution in [0.4, 0.5) is 4.79 Å². The normalized spacial score (nSPS) is 18.6. The number of aromatic nitrogens is 2. The first-order valence-electron chi connectivity index (χ1n) is 10.5. The van der Waals surface area contributed by atoms with Crippen LogP contribution >= 0.6 is 0 Å². The molecule has 2 N–H and O–H groups in total. The standard InChI is InChI=1S/C22H33N5O/c1-18-10-6-8-15-27(18)16-9-7-13-24-22(28)25-20(19-11-4-3-5-12-19)21-23-14-17-26(21)2/h3-5,11-12,14,17-18,20H,6-10,13,15-16H2,1-2H3,(H2,24,25,28)/t18-,20+/m1/s1. The second-order valence-corrected chi connectivity index (χ2v) is 7.73. The van der Waals surface area contributed by atoms with Crippen LogP contribution in [-0.4, -0.2) is 46.2 Å². The van der Waals surface area contributed by atoms with E-state index in [1.165, 1.54) is 25.8 Å². The van der Waals surface area contributed by atoms with Crippen LogP contribution in [0.25, 0.3) is 0 Å². The molecule has 0 aliphatic carbocycles. The Bertz CT molecular complexity index is 730. The molecule has 1 fully saturated rings. The summed E-state index contributed by atoms with van der Waals surface area (Å²) in [4.78, 5) is 19.5. The van der Waals surface area contributed by atoms with Crippen molar-refractivity contribution in [3.05, 3.63) is 54.1 Å². The van der Waals surface area contributed by atoms with Crippen molar-refractivity contribution >= 4 is 6.03 Å². The van der Waals surface area contributed by atoms with Gasteiger partial charge in [-0.2, -0.15) is 0 Å². The molecule has 0 spiro atoms. The second kappa shape index (κ2) is 10.3. The van der Waals surface area contributed by atoms with Gasteiger partial charge in [0.15, 0.2) is 0 Å². The van der Waals surface area contributed by atoms with Crippen LogP contribution in [0.3, 0.4) is 0 Å². The monoisotopic (exact) mass is 383 g/mol. The van der Waals surface area contributed by atoms with Crippen LogP contribution in [0.2, 0.25) is 0 Å². The highest BCUT2D eigenvalue weighted by Crippen LogP contribution is 2.20. The molecule has 1 aromatic heterocycles. The van der Waals surface area contributed by atoms with E-state index in [1.54, 1.807) is 6.20 Å². The number of carbonyl (C=O) groups excluding carboxylic acids is 1. The number of amides is 2. The van der Waals surface area contributed by atoms with E-state index in [1.807, 2.05) is 48.1 Å². The lowest BCUT2D eigenvalue weighted by molar-refractivity contribution is 0.158. The minimum atomic E-state index is -0.268. The molecule has 1 aliphatic rings. The molecule has 6 nitrogen and oxygen atoms in total. The van der Waals surface area contributed by atoms with Gasteiger partial charge in [0.1, 0.15) is 11.9 Å². The number of imidazole rings is 1. The molecule has 0 saturated carbocycles. The first-order valence-corrected chi connectivity index (χ1v) is 10.5. The van der Waals surface area contributed by atoms with E-state index in [-0.39, 0.29) is 12.1 Å². The van der Waals surface area contributed by atoms with E-state index in [9.17, 15) is 4.79 Å². The summed E-state index contributed by atoms with van der Waals surface area (Å²) in [6.07, 6.45) is 9.76. The van der Waals surface area contributed by atoms with Crippen LogP contribution in [0.5, 0.6) is 0 Å². The van der Waals surface area contributed by atoms with E-state index in [0.29, 0.717) is 12.6 Å². The van der Waals surface area contributed by atoms with Gasteiger partial charge < -0.3 is 20.1 Å². The number of piperidine rings is 1. The van der Waals surface area contributed by atoms with Gasteiger partial charge in [-0.1, -0.05) is 36.8 Å². The van der Waals surface area contributed by atoms with E-state index in [4.69, 9.17) is 0 Å². The highest BCUT2D eigenvalue weighted by Gasteiger charge is 2.20. The van der Waals surface area contributed by atoms with Crippen LogP contribution in [0.15, 0.2) is 42.7 Å². The number of likely N-dealkylation sites (tertiary alicyclic amines) is 1. The predicted molar refractivity (Wildman–Crippen MR) is 112 cm³/mol. The van der Waals surface area contributed by atoms with Crippen molar-refractivity contribution in [2.75, 3.05) is 19.6 Å². The molecule has 2 amide bonds. The maximum Gasteiger partial charge on any atom is 0.315 e. The number of benzene rings is 1. The third kappa shape index (κ3) is 5.58. The van der Waals surface area contributed by atoms with Gasteiger partial charge >= 0.3 is 6.03 Å². The number of nitrogens with zero attached hydrogens (tertiary/aromatic N) is 3. The molecular formula is C22H33N5O. The summed E-state index contributed by atoms with van der Waals surface area (Å²) >= 11 is 0. The number of aryl methyl sites for hydroxylation is 1. The van der Waals surface area contributed by atoms with Gasteiger partial charge in [0.2, 0.25) is 0 Å². The van der Waals surface area contributed by atoms with Gasteiger partial charge in [0, 0.05) is 32.0 Å². The van der Waals surface area contributed by atoms with E-state index in [2.05, 4.69) is 27.4 Å². The number of hydrogen-bond acceptors (Lipinski definition) is 3. The lowest BCUT2D eigenvalue weighted by atomic mass is 10.0. The Morgan fingerprint density at radius 3 is 2.79 bits per heavy atom. The summed E-state index contributed by atoms with van der Waals surface area (Å²) in [5, 5.41) is 6.09. The quantitative estimate of drug-likeness (QED) is 0.686. The van der Waals surface area contributed by atoms with Crippen LogP contribution in [0, 0.1) is 0 Å². The summed E-state index contributed by atoms with van der Waals surface area (Å²) < 4.78 is 1.94. The van der Waals surface area contributed by atoms with Gasteiger partial charge in [0.25, 0.3) is 0 Å². The van der Waals surface area contributed by atoms with Gasteiger partial charge in [-0.25, -0.2) is 9.78 Å². The molecule has 1 saturated heterocycles. The Balaban J connectivity index is 1.46. The van der Waals surface area contributed by atoms with Gasteiger partial charge in [-0.3, -0.25) is 0 Å². The summed E-state index contributed by atoms with van der Waals surface area (Å²) in [6, 6.07) is 10.2. The van der Waals surface area contributed by atoms with Gasteiger partial charge in [0.05, 0.1) is 0 Å². The second-order valence-electron chi connectivity index (χ2n) is 7.73. The van der Waals surface area contributed by atoms with E-state index < -0.39 is 0 Å². The molecule has 3 rings (SSSR count). The number of carbonyl (C=O) groups is 1. The molecule has 0 bridgehead atoms. The Labute approximate surface area is 168 Å². The largest absolute Gasteiger partial charge is 0.338 e. The first-order chi connectivity index (χ1) is 13.6. The topological polar surface area (TPSA) is 62.2 Å². The molecule has 152 valence electrons. The molecule has 28 heavy (non-hydrogen) atoms. The molecule has 1 aromatic carbocycles. The zero-order valence-electron chi connectivity index (χ0n) is 17.1. The van der Waals surface area contributed by atoms with Crippen molar-refractivity contribution in [1.29, 1.82) is 0 Å². The van der Waals surface area contributed by atoms with Crippen molar-refractivity contribution < 1.29 is 4.79 Å². The fraction of sp³-hybridized carbons (Fsp3) is 0.545. The molecule has 2 atom stereocenters. The summed E-state index contributed by atoms with van der Waals surface area (Å²) in [5.74, 6) is 0.820. The van der Waals surface area contributed by atoms with Crippen LogP contribution < -0.4 is 10.6 Å². The maximum absolute atomic E-state index is 12.5. The highest BCUT2D eigenvalue weighted by atomic mass is 16.2. The number of nitrogens with one attached hydrogen (secondary N) is 2. The van der Waals surface area contributed by atoms with Crippen molar-refractivity contribution in [1.82, 2.24) is 25.1 Å². The molecule has 0 unspecified atom stereocenters. The van der Waals surface area contributed by atoms with Crippen molar-refractivity contribution in [3.8, 4) is 0 Å². The number of urea groups is 1. The maximum atomic E-state index is 12.5. The van der Waals surface area contributed by atoms with Gasteiger partial charge in [-0.15, -0.1) is 0 Å². The van der Waals surface area contributed by atoms with Crippen LogP contribution in [-0.2, 0) is 7.05 Å². The highest BCUT2D eigenvalue weighted by molar-refractivity contribution is 5.74. The average Bonchev–Trinajstić information content (AvgIpc) is 3.13. The fourth-order valence-corrected chi connectivity index (χ4v) is 3.91. The number of rotatable bonds is 8. The summed E-state index contributed by atoms with van der Waals surface area (Å²) in [5.41, 5.74) is 1.02. The molecule has 2 heterocycles. The zero-order valence-corrected chi connectivity index (χ0v) is 17.1. The molecule has 6 heteroatoms. The lowest BCUT2D eigenvalue weighted by Gasteiger charge is -2.33. The summed E-state index contributed by atoms with van der Waals surface area (Å²) in [7, 11) is 1.94. The molecular weight excluding hydrogens is 350 g/mol. The number of unbranched alkanes of at least 4 members (excludes halogenated alkanes) is 1. The third-order valence-electron chi connectivity index (χ3n) is 5.62. The van der Waals surface area contributed by atoms with Gasteiger partial charge in [-0.05, 0) is 51.3 Å². The van der Waals surface area contributed by atoms with Crippen molar-refractivity contribution in [2.45, 2.75) is 51.1 Å². The smallest absolute Gasteiger partial charge is 0.315 e. The van der Waals surface area contributed by atoms with Crippen molar-refractivity contribution in [3.63, 3.8) is 0 Å². The Morgan fingerprint density at radius 1 is 1.25 bits per heavy atom. The Morgan fingerprint density at radius 2 is 2.07 bits per heavy atom. The third-order valence-corrected chi connectivity index (χ3v) is 5.62. The van der Waals surface area contributed by atoms with Crippen molar-refractivity contribution in [2.24, 2.45) is 7.05 Å². The predicted octanol–water partition coefficient (Wildman–Crippen LogP) is 3.46. The first kappa shape index (κ1) is 20.4. The molecule has 1 aliphatic heterocycles. The van der Waals surface area contributed by atoms with E-state index in [0.717, 1.165) is 30.8 Å². The lowest BCUT2D eigenvalue weighted by Crippen LogP contribution is -2.40. The van der Waals surface area contributed by atoms with Crippen LogP contribution in [0.1, 0.15) is 56.5 Å². The minimum absolute atomic E-state index is 0.150. The Hall–Kier alpha value is -2.34. The SMILES string of the molecule is C[C@@H]1CCCCN1CCCCNC(=O)N[C@@H](c1ccccc1)c1nccn1C. The van der Waals surface area contributed by atoms with E-state index >= 15 is 0 Å². The average molecular weight is 384 g/mol. The fourth-order valence-electron chi connectivity index (χ4n) is 3.91. The number of hydrogen-bond donors (Lipinski definition) is 2. The summed E-state index contributed by atoms with van der Waals surface area (Å²) in [6.45, 7) is 5.37. The Kier molecular flexibility index (Phi) is 7.48. The zero-order chi connectivity index (χ0) is 19.8.